The number of H-pyrrole nitrogens is 1. The van der Waals surface area contributed by atoms with Crippen LogP contribution in [0.25, 0.3) is 52.8 Å². The molecule has 2 heterocycles. The Morgan fingerprint density at radius 1 is 0.524 bits per heavy atom. The van der Waals surface area contributed by atoms with E-state index in [2.05, 4.69) is 79.5 Å². The number of rotatable bonds is 16. The SMILES string of the molecule is CCCCCCCCOc1ccc2c(c1)[nH]c1c2ccc2c1ccc1c3ccc(OCCCCCCCC)cc3sc12. The zero-order chi connectivity index (χ0) is 28.7. The van der Waals surface area contributed by atoms with Crippen LogP contribution in [0.3, 0.4) is 0 Å². The van der Waals surface area contributed by atoms with Crippen LogP contribution in [-0.2, 0) is 0 Å². The van der Waals surface area contributed by atoms with Crippen molar-refractivity contribution in [1.82, 2.24) is 4.98 Å². The van der Waals surface area contributed by atoms with Crippen molar-refractivity contribution in [2.24, 2.45) is 0 Å². The highest BCUT2D eigenvalue weighted by molar-refractivity contribution is 7.26. The molecular formula is C38H45NO2S. The first-order valence-corrected chi connectivity index (χ1v) is 17.2. The van der Waals surface area contributed by atoms with Crippen molar-refractivity contribution in [3.05, 3.63) is 60.7 Å². The number of nitrogens with one attached hydrogen (secondary N) is 1. The monoisotopic (exact) mass is 579 g/mol. The second-order valence-corrected chi connectivity index (χ2v) is 12.9. The van der Waals surface area contributed by atoms with Gasteiger partial charge >= 0.3 is 0 Å². The lowest BCUT2D eigenvalue weighted by molar-refractivity contribution is 0.304. The zero-order valence-electron chi connectivity index (χ0n) is 25.4. The van der Waals surface area contributed by atoms with Gasteiger partial charge in [0.05, 0.1) is 24.2 Å². The van der Waals surface area contributed by atoms with E-state index < -0.39 is 0 Å². The average molecular weight is 580 g/mol. The van der Waals surface area contributed by atoms with Gasteiger partial charge in [-0.3, -0.25) is 0 Å². The van der Waals surface area contributed by atoms with Gasteiger partial charge in [0.15, 0.2) is 0 Å². The summed E-state index contributed by atoms with van der Waals surface area (Å²) in [7, 11) is 0. The van der Waals surface area contributed by atoms with E-state index in [1.807, 2.05) is 11.3 Å². The lowest BCUT2D eigenvalue weighted by atomic mass is 10.0. The highest BCUT2D eigenvalue weighted by Gasteiger charge is 2.14. The average Bonchev–Trinajstić information content (AvgIpc) is 3.58. The molecule has 220 valence electrons. The first kappa shape index (κ1) is 28.9. The second kappa shape index (κ2) is 13.8. The van der Waals surface area contributed by atoms with E-state index in [9.17, 15) is 0 Å². The number of hydrogen-bond acceptors (Lipinski definition) is 3. The molecule has 0 spiro atoms. The fourth-order valence-electron chi connectivity index (χ4n) is 6.30. The van der Waals surface area contributed by atoms with Crippen molar-refractivity contribution in [1.29, 1.82) is 0 Å². The van der Waals surface area contributed by atoms with Crippen molar-refractivity contribution in [2.75, 3.05) is 13.2 Å². The summed E-state index contributed by atoms with van der Waals surface area (Å²) >= 11 is 1.88. The third-order valence-corrected chi connectivity index (χ3v) is 9.88. The van der Waals surface area contributed by atoms with E-state index in [1.165, 1.54) is 111 Å². The van der Waals surface area contributed by atoms with Crippen LogP contribution < -0.4 is 9.47 Å². The summed E-state index contributed by atoms with van der Waals surface area (Å²) in [5, 5.41) is 7.74. The summed E-state index contributed by atoms with van der Waals surface area (Å²) in [5.74, 6) is 1.94. The maximum atomic E-state index is 6.15. The molecule has 2 aromatic heterocycles. The molecule has 42 heavy (non-hydrogen) atoms. The highest BCUT2D eigenvalue weighted by atomic mass is 32.1. The van der Waals surface area contributed by atoms with Gasteiger partial charge in [0.25, 0.3) is 0 Å². The molecule has 0 fully saturated rings. The molecule has 4 heteroatoms. The molecule has 4 aromatic carbocycles. The molecule has 0 radical (unpaired) electrons. The first-order chi connectivity index (χ1) is 20.8. The van der Waals surface area contributed by atoms with Crippen LogP contribution in [0.15, 0.2) is 60.7 Å². The molecule has 0 amide bonds. The van der Waals surface area contributed by atoms with E-state index in [-0.39, 0.29) is 0 Å². The minimum Gasteiger partial charge on any atom is -0.494 e. The molecule has 0 unspecified atom stereocenters. The third kappa shape index (κ3) is 6.24. The van der Waals surface area contributed by atoms with Crippen LogP contribution in [0.5, 0.6) is 11.5 Å². The molecule has 0 aliphatic rings. The fraction of sp³-hybridized carbons (Fsp3) is 0.421. The maximum absolute atomic E-state index is 6.15. The minimum atomic E-state index is 0.788. The van der Waals surface area contributed by atoms with E-state index in [0.717, 1.165) is 43.1 Å². The van der Waals surface area contributed by atoms with Crippen LogP contribution in [0.4, 0.5) is 0 Å². The van der Waals surface area contributed by atoms with Gasteiger partial charge in [-0.1, -0.05) is 102 Å². The van der Waals surface area contributed by atoms with Gasteiger partial charge in [0.2, 0.25) is 0 Å². The molecular weight excluding hydrogens is 534 g/mol. The van der Waals surface area contributed by atoms with Crippen LogP contribution in [-0.4, -0.2) is 18.2 Å². The number of aromatic nitrogens is 1. The van der Waals surface area contributed by atoms with Gasteiger partial charge < -0.3 is 14.5 Å². The minimum absolute atomic E-state index is 0.788. The summed E-state index contributed by atoms with van der Waals surface area (Å²) in [5.41, 5.74) is 2.35. The molecule has 0 saturated carbocycles. The van der Waals surface area contributed by atoms with Crippen LogP contribution in [0.1, 0.15) is 90.9 Å². The standard InChI is InChI=1S/C38H45NO2S/c1-3-5-7-9-11-13-23-40-27-15-17-29-31-19-22-34-32(37(31)39-35(29)25-27)20-21-33-30-18-16-28(26-36(30)42-38(33)34)41-24-14-12-10-8-6-4-2/h15-22,25-26,39H,3-14,23-24H2,1-2H3. The Bertz CT molecular complexity index is 1650. The molecule has 1 N–H and O–H groups in total. The number of unbranched alkanes of at least 4 members (excludes halogenated alkanes) is 10. The predicted octanol–water partition coefficient (Wildman–Crippen LogP) is 12.3. The number of thiophene rings is 1. The van der Waals surface area contributed by atoms with Gasteiger partial charge in [0.1, 0.15) is 11.5 Å². The predicted molar refractivity (Wildman–Crippen MR) is 184 cm³/mol. The smallest absolute Gasteiger partial charge is 0.121 e. The topological polar surface area (TPSA) is 34.2 Å². The lowest BCUT2D eigenvalue weighted by Crippen LogP contribution is -1.97. The Morgan fingerprint density at radius 2 is 1.02 bits per heavy atom. The molecule has 0 atom stereocenters. The highest BCUT2D eigenvalue weighted by Crippen LogP contribution is 2.42. The summed E-state index contributed by atoms with van der Waals surface area (Å²) in [6.07, 6.45) is 15.4. The van der Waals surface area contributed by atoms with Crippen LogP contribution in [0.2, 0.25) is 0 Å². The van der Waals surface area contributed by atoms with Gasteiger partial charge in [-0.2, -0.15) is 0 Å². The number of aromatic amines is 1. The Hall–Kier alpha value is -3.24. The van der Waals surface area contributed by atoms with Crippen molar-refractivity contribution < 1.29 is 9.47 Å². The van der Waals surface area contributed by atoms with Crippen LogP contribution >= 0.6 is 11.3 Å². The van der Waals surface area contributed by atoms with E-state index in [4.69, 9.17) is 9.47 Å². The Balaban J connectivity index is 1.20. The quantitative estimate of drug-likeness (QED) is 0.116. The molecule has 0 saturated heterocycles. The second-order valence-electron chi connectivity index (χ2n) is 11.9. The summed E-state index contributed by atoms with van der Waals surface area (Å²) in [4.78, 5) is 3.74. The van der Waals surface area contributed by atoms with Gasteiger partial charge in [-0.05, 0) is 43.2 Å². The molecule has 0 aliphatic carbocycles. The molecule has 3 nitrogen and oxygen atoms in total. The van der Waals surface area contributed by atoms with E-state index in [0.29, 0.717) is 0 Å². The van der Waals surface area contributed by atoms with Crippen molar-refractivity contribution in [3.63, 3.8) is 0 Å². The Kier molecular flexibility index (Phi) is 9.50. The van der Waals surface area contributed by atoms with Crippen molar-refractivity contribution >= 4 is 64.1 Å². The van der Waals surface area contributed by atoms with Gasteiger partial charge in [0, 0.05) is 47.8 Å². The summed E-state index contributed by atoms with van der Waals surface area (Å²) in [6.45, 7) is 6.12. The summed E-state index contributed by atoms with van der Waals surface area (Å²) in [6, 6.07) is 22.3. The largest absolute Gasteiger partial charge is 0.494 e. The Labute approximate surface area is 254 Å². The number of hydrogen-bond donors (Lipinski definition) is 1. The molecule has 0 bridgehead atoms. The van der Waals surface area contributed by atoms with Crippen molar-refractivity contribution in [2.45, 2.75) is 90.9 Å². The molecule has 6 rings (SSSR count). The molecule has 0 aliphatic heterocycles. The van der Waals surface area contributed by atoms with Gasteiger partial charge in [-0.25, -0.2) is 0 Å². The number of ether oxygens (including phenoxy) is 2. The fourth-order valence-corrected chi connectivity index (χ4v) is 7.56. The zero-order valence-corrected chi connectivity index (χ0v) is 26.2. The molecule has 6 aromatic rings. The van der Waals surface area contributed by atoms with E-state index in [1.54, 1.807) is 0 Å². The Morgan fingerprint density at radius 3 is 1.69 bits per heavy atom. The third-order valence-electron chi connectivity index (χ3n) is 8.68. The normalized spacial score (nSPS) is 12.0. The van der Waals surface area contributed by atoms with Crippen molar-refractivity contribution in [3.8, 4) is 11.5 Å². The van der Waals surface area contributed by atoms with E-state index >= 15 is 0 Å². The summed E-state index contributed by atoms with van der Waals surface area (Å²) < 4.78 is 14.9. The number of benzene rings is 4. The van der Waals surface area contributed by atoms with Gasteiger partial charge in [-0.15, -0.1) is 11.3 Å². The lowest BCUT2D eigenvalue weighted by Gasteiger charge is -2.06. The van der Waals surface area contributed by atoms with Crippen LogP contribution in [0, 0.1) is 0 Å². The maximum Gasteiger partial charge on any atom is 0.121 e. The first-order valence-electron chi connectivity index (χ1n) is 16.4. The number of fused-ring (bicyclic) bond motifs is 9.